The summed E-state index contributed by atoms with van der Waals surface area (Å²) < 4.78 is 40.6. The smallest absolute Gasteiger partial charge is 0.395 e. The van der Waals surface area contributed by atoms with E-state index in [4.69, 9.17) is 5.73 Å². The predicted octanol–water partition coefficient (Wildman–Crippen LogP) is 0.533. The standard InChI is InChI=1S/C24H25F3N2O7/c1-8(24(25,26)27)10-4-5-13(30)15-11(10)6-9-7-12-17(29(2)3)19(32)16(22(28)35)21(34)23(12,36)20(33)14(9)18(15)31/h4-5,8-9,12,14,16-17,30,36H,6-7H2,1-3H3,(H2,28,35)/t8?,9-,12-,14?,16?,17-,23-/m0/s1. The minimum Gasteiger partial charge on any atom is -0.507 e. The number of phenolic OH excluding ortho intramolecular Hbond substituents is 1. The number of alkyl halides is 3. The summed E-state index contributed by atoms with van der Waals surface area (Å²) in [5.74, 6) is -14.6. The van der Waals surface area contributed by atoms with Crippen LogP contribution in [-0.2, 0) is 25.6 Å². The fourth-order valence-corrected chi connectivity index (χ4v) is 6.21. The van der Waals surface area contributed by atoms with Gasteiger partial charge >= 0.3 is 6.18 Å². The Morgan fingerprint density at radius 1 is 1.17 bits per heavy atom. The number of likely N-dealkylation sites (N-methyl/N-ethyl adjacent to an activating group) is 1. The van der Waals surface area contributed by atoms with Crippen LogP contribution in [0.15, 0.2) is 12.1 Å². The van der Waals surface area contributed by atoms with Crippen molar-refractivity contribution < 1.29 is 47.4 Å². The molecule has 2 saturated carbocycles. The van der Waals surface area contributed by atoms with E-state index in [1.54, 1.807) is 0 Å². The number of aromatic hydroxyl groups is 1. The van der Waals surface area contributed by atoms with Crippen LogP contribution >= 0.6 is 0 Å². The van der Waals surface area contributed by atoms with Gasteiger partial charge in [-0.05, 0) is 57.0 Å². The molecular formula is C24H25F3N2O7. The van der Waals surface area contributed by atoms with Gasteiger partial charge in [0.1, 0.15) is 5.75 Å². The molecule has 0 saturated heterocycles. The van der Waals surface area contributed by atoms with Crippen LogP contribution in [0, 0.1) is 23.7 Å². The van der Waals surface area contributed by atoms with E-state index in [1.807, 2.05) is 0 Å². The largest absolute Gasteiger partial charge is 0.507 e. The lowest BCUT2D eigenvalue weighted by Crippen LogP contribution is -2.74. The monoisotopic (exact) mass is 510 g/mol. The quantitative estimate of drug-likeness (QED) is 0.498. The molecule has 0 heterocycles. The number of phenols is 1. The first kappa shape index (κ1) is 26.0. The summed E-state index contributed by atoms with van der Waals surface area (Å²) in [6.07, 6.45) is -5.11. The maximum Gasteiger partial charge on any atom is 0.395 e. The van der Waals surface area contributed by atoms with Gasteiger partial charge in [0.25, 0.3) is 0 Å². The van der Waals surface area contributed by atoms with Crippen molar-refractivity contribution in [1.82, 2.24) is 4.90 Å². The highest BCUT2D eigenvalue weighted by atomic mass is 19.4. The Balaban J connectivity index is 1.88. The van der Waals surface area contributed by atoms with Gasteiger partial charge in [-0.25, -0.2) is 0 Å². The Kier molecular flexibility index (Phi) is 5.91. The van der Waals surface area contributed by atoms with Crippen molar-refractivity contribution >= 4 is 29.0 Å². The Labute approximate surface area is 203 Å². The number of halogens is 3. The molecule has 7 atom stereocenters. The maximum atomic E-state index is 13.6. The number of carbonyl (C=O) groups excluding carboxylic acids is 5. The van der Waals surface area contributed by atoms with Crippen LogP contribution in [0.4, 0.5) is 13.2 Å². The number of nitrogens with two attached hydrogens (primary N) is 1. The molecule has 0 aromatic heterocycles. The molecule has 0 aliphatic heterocycles. The first-order valence-corrected chi connectivity index (χ1v) is 11.3. The minimum absolute atomic E-state index is 0.0609. The van der Waals surface area contributed by atoms with Crippen LogP contribution in [-0.4, -0.2) is 76.1 Å². The molecular weight excluding hydrogens is 485 g/mol. The number of hydrogen-bond donors (Lipinski definition) is 3. The zero-order chi connectivity index (χ0) is 27.1. The molecule has 9 nitrogen and oxygen atoms in total. The number of Topliss-reactive ketones (excluding diaryl/α,β-unsaturated/α-hetero) is 4. The summed E-state index contributed by atoms with van der Waals surface area (Å²) in [6.45, 7) is 0.915. The molecule has 12 heteroatoms. The van der Waals surface area contributed by atoms with Gasteiger partial charge in [-0.2, -0.15) is 13.2 Å². The number of ketones is 4. The number of benzene rings is 1. The van der Waals surface area contributed by atoms with Gasteiger partial charge in [-0.1, -0.05) is 6.07 Å². The number of hydrogen-bond acceptors (Lipinski definition) is 8. The molecule has 3 aliphatic carbocycles. The average Bonchev–Trinajstić information content (AvgIpc) is 2.75. The van der Waals surface area contributed by atoms with Gasteiger partial charge in [0.15, 0.2) is 34.7 Å². The number of nitrogens with zero attached hydrogens (tertiary/aromatic N) is 1. The van der Waals surface area contributed by atoms with Crippen molar-refractivity contribution in [3.05, 3.63) is 28.8 Å². The Morgan fingerprint density at radius 3 is 2.31 bits per heavy atom. The van der Waals surface area contributed by atoms with E-state index >= 15 is 0 Å². The van der Waals surface area contributed by atoms with Gasteiger partial charge < -0.3 is 15.9 Å². The van der Waals surface area contributed by atoms with Gasteiger partial charge in [-0.3, -0.25) is 28.9 Å². The van der Waals surface area contributed by atoms with Crippen molar-refractivity contribution in [2.45, 2.75) is 43.5 Å². The molecule has 36 heavy (non-hydrogen) atoms. The molecule has 3 aliphatic rings. The van der Waals surface area contributed by atoms with E-state index in [0.717, 1.165) is 19.1 Å². The Hall–Kier alpha value is -3.12. The fraction of sp³-hybridized carbons (Fsp3) is 0.542. The first-order valence-electron chi connectivity index (χ1n) is 11.3. The number of carbonyl (C=O) groups is 5. The summed E-state index contributed by atoms with van der Waals surface area (Å²) in [7, 11) is 2.88. The van der Waals surface area contributed by atoms with E-state index in [0.29, 0.717) is 0 Å². The van der Waals surface area contributed by atoms with Crippen LogP contribution in [0.3, 0.4) is 0 Å². The third-order valence-corrected chi connectivity index (χ3v) is 7.94. The molecule has 4 N–H and O–H groups in total. The van der Waals surface area contributed by atoms with Crippen LogP contribution in [0.1, 0.15) is 40.7 Å². The number of amides is 1. The summed E-state index contributed by atoms with van der Waals surface area (Å²) >= 11 is 0. The van der Waals surface area contributed by atoms with Gasteiger partial charge in [0, 0.05) is 5.92 Å². The summed E-state index contributed by atoms with van der Waals surface area (Å²) in [5, 5.41) is 21.8. The van der Waals surface area contributed by atoms with Crippen molar-refractivity contribution in [2.75, 3.05) is 14.1 Å². The molecule has 0 bridgehead atoms. The summed E-state index contributed by atoms with van der Waals surface area (Å²) in [4.78, 5) is 66.6. The normalized spacial score (nSPS) is 33.2. The lowest BCUT2D eigenvalue weighted by atomic mass is 9.52. The Morgan fingerprint density at radius 2 is 1.78 bits per heavy atom. The van der Waals surface area contributed by atoms with E-state index in [1.165, 1.54) is 19.0 Å². The van der Waals surface area contributed by atoms with Gasteiger partial charge in [0.2, 0.25) is 5.91 Å². The third kappa shape index (κ3) is 3.41. The topological polar surface area (TPSA) is 155 Å². The molecule has 1 amide bonds. The molecule has 3 unspecified atom stereocenters. The Bertz CT molecular complexity index is 1210. The average molecular weight is 510 g/mol. The van der Waals surface area contributed by atoms with E-state index in [-0.39, 0.29) is 24.0 Å². The second-order valence-electron chi connectivity index (χ2n) is 10.1. The van der Waals surface area contributed by atoms with Crippen LogP contribution in [0.2, 0.25) is 0 Å². The third-order valence-electron chi connectivity index (χ3n) is 7.94. The zero-order valence-electron chi connectivity index (χ0n) is 19.6. The first-order chi connectivity index (χ1) is 16.5. The predicted molar refractivity (Wildman–Crippen MR) is 116 cm³/mol. The van der Waals surface area contributed by atoms with Gasteiger partial charge in [-0.15, -0.1) is 0 Å². The highest BCUT2D eigenvalue weighted by Crippen LogP contribution is 2.52. The van der Waals surface area contributed by atoms with E-state index in [2.05, 4.69) is 0 Å². The molecule has 0 spiro atoms. The molecule has 1 aromatic carbocycles. The maximum absolute atomic E-state index is 13.6. The molecule has 0 radical (unpaired) electrons. The van der Waals surface area contributed by atoms with E-state index < -0.39 is 87.8 Å². The summed E-state index contributed by atoms with van der Waals surface area (Å²) in [6, 6.07) is 0.730. The van der Waals surface area contributed by atoms with Crippen molar-refractivity contribution in [2.24, 2.45) is 29.4 Å². The molecule has 4 rings (SSSR count). The SMILES string of the molecule is CC(c1ccc(O)c2c1C[C@H]1C[C@H]3[C@H](N(C)C)C(=O)C(C(N)=O)C(=O)[C@@]3(O)C(=O)C1C2=O)C(F)(F)F. The van der Waals surface area contributed by atoms with Crippen molar-refractivity contribution in [1.29, 1.82) is 0 Å². The fourth-order valence-electron chi connectivity index (χ4n) is 6.21. The van der Waals surface area contributed by atoms with Crippen LogP contribution < -0.4 is 5.73 Å². The summed E-state index contributed by atoms with van der Waals surface area (Å²) in [5.41, 5.74) is 1.60. The van der Waals surface area contributed by atoms with Crippen molar-refractivity contribution in [3.8, 4) is 5.75 Å². The second kappa shape index (κ2) is 8.20. The number of rotatable bonds is 3. The van der Waals surface area contributed by atoms with Crippen molar-refractivity contribution in [3.63, 3.8) is 0 Å². The van der Waals surface area contributed by atoms with Crippen LogP contribution in [0.5, 0.6) is 5.75 Å². The second-order valence-corrected chi connectivity index (χ2v) is 10.1. The highest BCUT2D eigenvalue weighted by molar-refractivity contribution is 6.32. The van der Waals surface area contributed by atoms with Gasteiger partial charge in [0.05, 0.1) is 23.4 Å². The highest BCUT2D eigenvalue weighted by Gasteiger charge is 2.69. The van der Waals surface area contributed by atoms with E-state index in [9.17, 15) is 47.4 Å². The number of primary amides is 1. The lowest BCUT2D eigenvalue weighted by Gasteiger charge is -2.52. The zero-order valence-corrected chi connectivity index (χ0v) is 19.6. The number of fused-ring (bicyclic) bond motifs is 3. The number of aliphatic hydroxyl groups is 1. The molecule has 1 aromatic rings. The minimum atomic E-state index is -4.64. The molecule has 194 valence electrons. The van der Waals surface area contributed by atoms with Crippen LogP contribution in [0.25, 0.3) is 0 Å². The molecule has 2 fully saturated rings. The lowest BCUT2D eigenvalue weighted by molar-refractivity contribution is -0.181.